The van der Waals surface area contributed by atoms with E-state index in [1.165, 1.54) is 0 Å². The Morgan fingerprint density at radius 2 is 1.82 bits per heavy atom. The second-order valence-corrected chi connectivity index (χ2v) is 9.03. The lowest BCUT2D eigenvalue weighted by molar-refractivity contribution is -0.127. The van der Waals surface area contributed by atoms with Crippen molar-refractivity contribution in [1.82, 2.24) is 20.3 Å². The van der Waals surface area contributed by atoms with Crippen LogP contribution in [-0.2, 0) is 4.79 Å². The number of aromatic nitrogens is 1. The standard InChI is InChI=1S/C21H30N4O3/c26-20(22-16-5-6-16)15-2-1-9-25(13-15)17-7-10-24(11-8-17)21(27)18-12-19(28-23-18)14-3-4-14/h12,14-17H,1-11,13H2,(H,22,26). The first-order valence-electron chi connectivity index (χ1n) is 11.0. The van der Waals surface area contributed by atoms with Crippen LogP contribution in [0.4, 0.5) is 0 Å². The van der Waals surface area contributed by atoms with Crippen molar-refractivity contribution in [3.8, 4) is 0 Å². The molecule has 1 aromatic rings. The molecule has 2 saturated carbocycles. The molecule has 7 nitrogen and oxygen atoms in total. The Labute approximate surface area is 165 Å². The van der Waals surface area contributed by atoms with Crippen LogP contribution in [0.5, 0.6) is 0 Å². The van der Waals surface area contributed by atoms with Crippen molar-refractivity contribution in [3.63, 3.8) is 0 Å². The number of hydrogen-bond donors (Lipinski definition) is 1. The van der Waals surface area contributed by atoms with Crippen LogP contribution in [0.15, 0.2) is 10.6 Å². The SMILES string of the molecule is O=C(NC1CC1)C1CCCN(C2CCN(C(=O)c3cc(C4CC4)on3)CC2)C1. The van der Waals surface area contributed by atoms with Crippen molar-refractivity contribution in [2.45, 2.75) is 69.4 Å². The van der Waals surface area contributed by atoms with Crippen molar-refractivity contribution in [1.29, 1.82) is 0 Å². The zero-order valence-electron chi connectivity index (χ0n) is 16.4. The van der Waals surface area contributed by atoms with E-state index in [2.05, 4.69) is 15.4 Å². The molecular formula is C21H30N4O3. The number of piperidine rings is 2. The smallest absolute Gasteiger partial charge is 0.276 e. The predicted molar refractivity (Wildman–Crippen MR) is 103 cm³/mol. The molecule has 4 aliphatic rings. The molecule has 2 aliphatic heterocycles. The van der Waals surface area contributed by atoms with Crippen LogP contribution >= 0.6 is 0 Å². The first-order valence-corrected chi connectivity index (χ1v) is 11.0. The molecule has 4 fully saturated rings. The van der Waals surface area contributed by atoms with Crippen LogP contribution in [0.1, 0.15) is 73.5 Å². The van der Waals surface area contributed by atoms with Crippen LogP contribution in [0.25, 0.3) is 0 Å². The number of nitrogens with zero attached hydrogens (tertiary/aromatic N) is 3. The number of carbonyl (C=O) groups is 2. The third-order valence-corrected chi connectivity index (χ3v) is 6.74. The largest absolute Gasteiger partial charge is 0.360 e. The minimum absolute atomic E-state index is 0.00516. The molecule has 5 rings (SSSR count). The molecule has 1 atom stereocenters. The Morgan fingerprint density at radius 3 is 2.54 bits per heavy atom. The number of nitrogens with one attached hydrogen (secondary N) is 1. The molecule has 0 aromatic carbocycles. The second kappa shape index (κ2) is 7.50. The van der Waals surface area contributed by atoms with Gasteiger partial charge in [-0.05, 0) is 57.9 Å². The highest BCUT2D eigenvalue weighted by molar-refractivity contribution is 5.92. The fourth-order valence-electron chi connectivity index (χ4n) is 4.65. The molecule has 1 aromatic heterocycles. The van der Waals surface area contributed by atoms with Crippen molar-refractivity contribution >= 4 is 11.8 Å². The quantitative estimate of drug-likeness (QED) is 0.839. The predicted octanol–water partition coefficient (Wildman–Crippen LogP) is 2.15. The van der Waals surface area contributed by atoms with Gasteiger partial charge in [-0.25, -0.2) is 0 Å². The number of likely N-dealkylation sites (tertiary alicyclic amines) is 2. The molecule has 7 heteroatoms. The summed E-state index contributed by atoms with van der Waals surface area (Å²) < 4.78 is 5.34. The summed E-state index contributed by atoms with van der Waals surface area (Å²) in [4.78, 5) is 29.5. The van der Waals surface area contributed by atoms with E-state index >= 15 is 0 Å². The normalized spacial score (nSPS) is 27.0. The van der Waals surface area contributed by atoms with Crippen LogP contribution in [0.2, 0.25) is 0 Å². The van der Waals surface area contributed by atoms with Crippen molar-refractivity contribution in [2.24, 2.45) is 5.92 Å². The Hall–Kier alpha value is -1.89. The Kier molecular flexibility index (Phi) is 4.87. The molecule has 2 saturated heterocycles. The van der Waals surface area contributed by atoms with Gasteiger partial charge in [0.1, 0.15) is 5.76 Å². The zero-order chi connectivity index (χ0) is 19.1. The minimum Gasteiger partial charge on any atom is -0.360 e. The van der Waals surface area contributed by atoms with Gasteiger partial charge in [0.05, 0.1) is 5.92 Å². The molecule has 0 radical (unpaired) electrons. The van der Waals surface area contributed by atoms with Crippen LogP contribution in [-0.4, -0.2) is 65.0 Å². The molecular weight excluding hydrogens is 356 g/mol. The van der Waals surface area contributed by atoms with Gasteiger partial charge in [-0.15, -0.1) is 0 Å². The Bertz CT molecular complexity index is 732. The van der Waals surface area contributed by atoms with Gasteiger partial charge >= 0.3 is 0 Å². The molecule has 2 aliphatic carbocycles. The third-order valence-electron chi connectivity index (χ3n) is 6.74. The van der Waals surface area contributed by atoms with E-state index in [-0.39, 0.29) is 17.7 Å². The van der Waals surface area contributed by atoms with Crippen LogP contribution in [0.3, 0.4) is 0 Å². The van der Waals surface area contributed by atoms with Gasteiger partial charge in [0.25, 0.3) is 5.91 Å². The second-order valence-electron chi connectivity index (χ2n) is 9.03. The topological polar surface area (TPSA) is 78.7 Å². The van der Waals surface area contributed by atoms with Crippen molar-refractivity contribution < 1.29 is 14.1 Å². The summed E-state index contributed by atoms with van der Waals surface area (Å²) in [5, 5.41) is 7.17. The van der Waals surface area contributed by atoms with E-state index in [0.29, 0.717) is 23.7 Å². The number of amides is 2. The summed E-state index contributed by atoms with van der Waals surface area (Å²) in [7, 11) is 0. The molecule has 28 heavy (non-hydrogen) atoms. The molecule has 1 unspecified atom stereocenters. The average molecular weight is 386 g/mol. The van der Waals surface area contributed by atoms with E-state index < -0.39 is 0 Å². The number of rotatable bonds is 5. The van der Waals surface area contributed by atoms with Gasteiger partial charge in [0.15, 0.2) is 5.69 Å². The van der Waals surface area contributed by atoms with Crippen LogP contribution < -0.4 is 5.32 Å². The summed E-state index contributed by atoms with van der Waals surface area (Å²) in [6, 6.07) is 2.74. The average Bonchev–Trinajstić information content (AvgIpc) is 3.68. The summed E-state index contributed by atoms with van der Waals surface area (Å²) in [6.45, 7) is 3.44. The van der Waals surface area contributed by atoms with Gasteiger partial charge in [-0.1, -0.05) is 5.16 Å². The van der Waals surface area contributed by atoms with Crippen molar-refractivity contribution in [2.75, 3.05) is 26.2 Å². The third kappa shape index (κ3) is 3.95. The molecule has 3 heterocycles. The van der Waals surface area contributed by atoms with Gasteiger partial charge in [-0.2, -0.15) is 0 Å². The summed E-state index contributed by atoms with van der Waals surface area (Å²) in [6.07, 6.45) is 8.59. The van der Waals surface area contributed by atoms with E-state index in [4.69, 9.17) is 4.52 Å². The highest BCUT2D eigenvalue weighted by Crippen LogP contribution is 2.40. The van der Waals surface area contributed by atoms with E-state index in [0.717, 1.165) is 83.3 Å². The Balaban J connectivity index is 1.12. The first kappa shape index (κ1) is 18.2. The first-order chi connectivity index (χ1) is 13.7. The number of hydrogen-bond acceptors (Lipinski definition) is 5. The van der Waals surface area contributed by atoms with E-state index in [1.54, 1.807) is 0 Å². The molecule has 1 N–H and O–H groups in total. The zero-order valence-corrected chi connectivity index (χ0v) is 16.4. The Morgan fingerprint density at radius 1 is 1.04 bits per heavy atom. The fraction of sp³-hybridized carbons (Fsp3) is 0.762. The van der Waals surface area contributed by atoms with Crippen LogP contribution in [0, 0.1) is 5.92 Å². The maximum atomic E-state index is 12.7. The van der Waals surface area contributed by atoms with Gasteiger partial charge in [-0.3, -0.25) is 14.5 Å². The maximum absolute atomic E-state index is 12.7. The monoisotopic (exact) mass is 386 g/mol. The lowest BCUT2D eigenvalue weighted by atomic mass is 9.93. The fourth-order valence-corrected chi connectivity index (χ4v) is 4.65. The summed E-state index contributed by atoms with van der Waals surface area (Å²) in [5.41, 5.74) is 0.454. The molecule has 2 amide bonds. The van der Waals surface area contributed by atoms with Gasteiger partial charge < -0.3 is 14.7 Å². The molecule has 152 valence electrons. The number of carbonyl (C=O) groups excluding carboxylic acids is 2. The minimum atomic E-state index is -0.00516. The highest BCUT2D eigenvalue weighted by atomic mass is 16.5. The van der Waals surface area contributed by atoms with Crippen molar-refractivity contribution in [3.05, 3.63) is 17.5 Å². The van der Waals surface area contributed by atoms with E-state index in [9.17, 15) is 9.59 Å². The molecule has 0 bridgehead atoms. The van der Waals surface area contributed by atoms with Gasteiger partial charge in [0.2, 0.25) is 5.91 Å². The highest BCUT2D eigenvalue weighted by Gasteiger charge is 2.35. The van der Waals surface area contributed by atoms with E-state index in [1.807, 2.05) is 11.0 Å². The maximum Gasteiger partial charge on any atom is 0.276 e. The lowest BCUT2D eigenvalue weighted by Crippen LogP contribution is -2.51. The molecule has 0 spiro atoms. The summed E-state index contributed by atoms with van der Waals surface area (Å²) >= 11 is 0. The lowest BCUT2D eigenvalue weighted by Gasteiger charge is -2.41. The summed E-state index contributed by atoms with van der Waals surface area (Å²) in [5.74, 6) is 1.71. The van der Waals surface area contributed by atoms with Gasteiger partial charge in [0, 0.05) is 43.7 Å².